The topological polar surface area (TPSA) is 123 Å². The minimum atomic E-state index is -3.99. The van der Waals surface area contributed by atoms with Crippen LogP contribution in [-0.4, -0.2) is 72.6 Å². The summed E-state index contributed by atoms with van der Waals surface area (Å²) in [5, 5.41) is 14.6. The first kappa shape index (κ1) is 36.6. The molecule has 0 radical (unpaired) electrons. The normalized spacial score (nSPS) is 17.9. The SMILES string of the molecule is CCC(=O)N[C@@H](C(=O)N1CCN(C)CC1)[C@@H](C)c1ccc(NC(=O)[C@@H](CC(=O)C(F)(F)c2ccccc2C#N)C2CCCCC2)c(F)c1. The average molecular weight is 668 g/mol. The van der Waals surface area contributed by atoms with Gasteiger partial charge in [0.05, 0.1) is 17.3 Å². The molecule has 3 atom stereocenters. The van der Waals surface area contributed by atoms with Gasteiger partial charge in [-0.25, -0.2) is 4.39 Å². The molecule has 258 valence electrons. The zero-order valence-corrected chi connectivity index (χ0v) is 27.7. The van der Waals surface area contributed by atoms with Gasteiger partial charge in [0.2, 0.25) is 23.5 Å². The van der Waals surface area contributed by atoms with Crippen LogP contribution in [0.4, 0.5) is 18.9 Å². The molecule has 48 heavy (non-hydrogen) atoms. The Morgan fingerprint density at radius 3 is 2.31 bits per heavy atom. The number of Topliss-reactive ketones (excluding diaryl/α,β-unsaturated/α-hetero) is 1. The van der Waals surface area contributed by atoms with Crippen LogP contribution >= 0.6 is 0 Å². The predicted molar refractivity (Wildman–Crippen MR) is 174 cm³/mol. The fourth-order valence-corrected chi connectivity index (χ4v) is 6.58. The lowest BCUT2D eigenvalue weighted by molar-refractivity contribution is -0.147. The summed E-state index contributed by atoms with van der Waals surface area (Å²) in [5.41, 5.74) is -0.808. The number of amides is 3. The summed E-state index contributed by atoms with van der Waals surface area (Å²) in [6.07, 6.45) is 3.01. The van der Waals surface area contributed by atoms with E-state index in [0.717, 1.165) is 25.3 Å². The van der Waals surface area contributed by atoms with Gasteiger partial charge in [-0.2, -0.15) is 14.0 Å². The van der Waals surface area contributed by atoms with Crippen molar-refractivity contribution >= 4 is 29.2 Å². The minimum Gasteiger partial charge on any atom is -0.344 e. The van der Waals surface area contributed by atoms with Crippen molar-refractivity contribution in [2.75, 3.05) is 38.5 Å². The van der Waals surface area contributed by atoms with Crippen LogP contribution in [0.1, 0.15) is 81.4 Å². The Bertz CT molecular complexity index is 1530. The monoisotopic (exact) mass is 667 g/mol. The van der Waals surface area contributed by atoms with E-state index in [1.165, 1.54) is 30.3 Å². The van der Waals surface area contributed by atoms with Crippen LogP contribution in [0.2, 0.25) is 0 Å². The summed E-state index contributed by atoms with van der Waals surface area (Å²) in [6, 6.07) is 9.82. The van der Waals surface area contributed by atoms with E-state index in [9.17, 15) is 24.4 Å². The maximum absolute atomic E-state index is 15.6. The number of rotatable bonds is 12. The summed E-state index contributed by atoms with van der Waals surface area (Å²) in [7, 11) is 1.96. The summed E-state index contributed by atoms with van der Waals surface area (Å²) in [4.78, 5) is 56.4. The highest BCUT2D eigenvalue weighted by molar-refractivity contribution is 5.97. The summed E-state index contributed by atoms with van der Waals surface area (Å²) < 4.78 is 46.4. The predicted octanol–water partition coefficient (Wildman–Crippen LogP) is 5.36. The number of nitriles is 1. The molecule has 12 heteroatoms. The van der Waals surface area contributed by atoms with Gasteiger partial charge < -0.3 is 20.4 Å². The van der Waals surface area contributed by atoms with Crippen molar-refractivity contribution in [3.63, 3.8) is 0 Å². The number of ketones is 1. The van der Waals surface area contributed by atoms with Crippen molar-refractivity contribution in [2.24, 2.45) is 11.8 Å². The second kappa shape index (κ2) is 16.2. The molecule has 1 aliphatic carbocycles. The zero-order valence-electron chi connectivity index (χ0n) is 27.7. The lowest BCUT2D eigenvalue weighted by Gasteiger charge is -2.36. The highest BCUT2D eigenvalue weighted by Gasteiger charge is 2.45. The Kier molecular flexibility index (Phi) is 12.4. The van der Waals surface area contributed by atoms with Crippen molar-refractivity contribution in [3.05, 3.63) is 65.0 Å². The first-order valence-electron chi connectivity index (χ1n) is 16.6. The van der Waals surface area contributed by atoms with Gasteiger partial charge in [-0.15, -0.1) is 0 Å². The molecule has 2 fully saturated rings. The largest absolute Gasteiger partial charge is 0.344 e. The number of carbonyl (C=O) groups excluding carboxylic acids is 4. The molecule has 2 aliphatic rings. The standard InChI is InChI=1S/C36H44F3N5O4/c1-4-32(46)42-33(35(48)44-18-16-43(3)17-19-44)23(2)25-14-15-30(29(37)20-25)41-34(47)27(24-10-6-5-7-11-24)21-31(45)36(38,39)28-13-9-8-12-26(28)22-40/h8-9,12-15,20,23-24,27,33H,4-7,10-11,16-19,21H2,1-3H3,(H,41,47)(H,42,46)/t23-,27-,33+/m0/s1. The molecular weight excluding hydrogens is 623 g/mol. The Hall–Kier alpha value is -4.24. The van der Waals surface area contributed by atoms with E-state index in [-0.39, 0.29) is 35.4 Å². The first-order chi connectivity index (χ1) is 22.9. The molecular formula is C36H44F3N5O4. The van der Waals surface area contributed by atoms with E-state index < -0.39 is 53.3 Å². The Labute approximate surface area is 279 Å². The highest BCUT2D eigenvalue weighted by Crippen LogP contribution is 2.38. The third kappa shape index (κ3) is 8.61. The number of alkyl halides is 2. The number of halogens is 3. The molecule has 4 rings (SSSR count). The van der Waals surface area contributed by atoms with Gasteiger partial charge >= 0.3 is 5.92 Å². The molecule has 2 aromatic carbocycles. The number of anilines is 1. The molecule has 0 spiro atoms. The van der Waals surface area contributed by atoms with Crippen LogP contribution in [0.3, 0.4) is 0 Å². The van der Waals surface area contributed by atoms with Crippen molar-refractivity contribution in [1.82, 2.24) is 15.1 Å². The van der Waals surface area contributed by atoms with Gasteiger partial charge in [0.1, 0.15) is 11.9 Å². The van der Waals surface area contributed by atoms with E-state index >= 15 is 13.2 Å². The van der Waals surface area contributed by atoms with Crippen molar-refractivity contribution < 1.29 is 32.3 Å². The average Bonchev–Trinajstić information content (AvgIpc) is 3.10. The maximum Gasteiger partial charge on any atom is 0.331 e. The summed E-state index contributed by atoms with van der Waals surface area (Å²) in [5.74, 6) is -9.69. The first-order valence-corrected chi connectivity index (χ1v) is 16.6. The quantitative estimate of drug-likeness (QED) is 0.315. The van der Waals surface area contributed by atoms with Gasteiger partial charge in [-0.1, -0.05) is 57.4 Å². The van der Waals surface area contributed by atoms with Gasteiger partial charge in [0, 0.05) is 56.4 Å². The number of carbonyl (C=O) groups is 4. The van der Waals surface area contributed by atoms with E-state index in [1.807, 2.05) is 7.05 Å². The molecule has 9 nitrogen and oxygen atoms in total. The molecule has 0 unspecified atom stereocenters. The Morgan fingerprint density at radius 1 is 1.02 bits per heavy atom. The molecule has 3 amide bonds. The number of hydrogen-bond acceptors (Lipinski definition) is 6. The molecule has 2 aromatic rings. The Balaban J connectivity index is 1.54. The maximum atomic E-state index is 15.6. The third-order valence-corrected chi connectivity index (χ3v) is 9.69. The van der Waals surface area contributed by atoms with Crippen molar-refractivity contribution in [3.8, 4) is 6.07 Å². The van der Waals surface area contributed by atoms with Gasteiger partial charge in [-0.05, 0) is 49.6 Å². The summed E-state index contributed by atoms with van der Waals surface area (Å²) in [6.45, 7) is 5.78. The smallest absolute Gasteiger partial charge is 0.331 e. The molecule has 0 bridgehead atoms. The molecule has 1 saturated heterocycles. The zero-order chi connectivity index (χ0) is 35.0. The lowest BCUT2D eigenvalue weighted by Crippen LogP contribution is -2.55. The van der Waals surface area contributed by atoms with Crippen LogP contribution in [0, 0.1) is 29.0 Å². The van der Waals surface area contributed by atoms with E-state index in [0.29, 0.717) is 44.6 Å². The molecule has 1 heterocycles. The Morgan fingerprint density at radius 2 is 1.69 bits per heavy atom. The van der Waals surface area contributed by atoms with Gasteiger partial charge in [0.15, 0.2) is 0 Å². The molecule has 2 N–H and O–H groups in total. The third-order valence-electron chi connectivity index (χ3n) is 9.69. The number of nitrogens with one attached hydrogen (secondary N) is 2. The fourth-order valence-electron chi connectivity index (χ4n) is 6.58. The van der Waals surface area contributed by atoms with Gasteiger partial charge in [0.25, 0.3) is 0 Å². The number of benzene rings is 2. The van der Waals surface area contributed by atoms with E-state index in [2.05, 4.69) is 15.5 Å². The summed E-state index contributed by atoms with van der Waals surface area (Å²) >= 11 is 0. The fraction of sp³-hybridized carbons (Fsp3) is 0.528. The van der Waals surface area contributed by atoms with Crippen LogP contribution in [0.5, 0.6) is 0 Å². The van der Waals surface area contributed by atoms with Crippen LogP contribution in [0.25, 0.3) is 0 Å². The second-order valence-corrected chi connectivity index (χ2v) is 12.9. The highest BCUT2D eigenvalue weighted by atomic mass is 19.3. The number of likely N-dealkylation sites (N-methyl/N-ethyl adjacent to an activating group) is 1. The molecule has 0 aromatic heterocycles. The van der Waals surface area contributed by atoms with Crippen LogP contribution < -0.4 is 10.6 Å². The molecule has 1 saturated carbocycles. The van der Waals surface area contributed by atoms with Gasteiger partial charge in [-0.3, -0.25) is 19.2 Å². The second-order valence-electron chi connectivity index (χ2n) is 12.9. The van der Waals surface area contributed by atoms with E-state index in [1.54, 1.807) is 30.9 Å². The van der Waals surface area contributed by atoms with Crippen molar-refractivity contribution in [2.45, 2.75) is 76.7 Å². The lowest BCUT2D eigenvalue weighted by atomic mass is 9.76. The van der Waals surface area contributed by atoms with Crippen molar-refractivity contribution in [1.29, 1.82) is 5.26 Å². The minimum absolute atomic E-state index is 0.167. The van der Waals surface area contributed by atoms with E-state index in [4.69, 9.17) is 0 Å². The number of hydrogen-bond donors (Lipinski definition) is 2. The van der Waals surface area contributed by atoms with Crippen LogP contribution in [0.15, 0.2) is 42.5 Å². The molecule has 1 aliphatic heterocycles. The van der Waals surface area contributed by atoms with Crippen LogP contribution in [-0.2, 0) is 25.1 Å². The number of nitrogens with zero attached hydrogens (tertiary/aromatic N) is 3. The number of piperazine rings is 1.